The van der Waals surface area contributed by atoms with E-state index in [4.69, 9.17) is 23.2 Å². The number of aryl methyl sites for hydroxylation is 2. The van der Waals surface area contributed by atoms with Crippen LogP contribution in [0.4, 0.5) is 0 Å². The largest absolute Gasteiger partial charge is 0.309 e. The van der Waals surface area contributed by atoms with E-state index in [1.807, 2.05) is 19.2 Å². The lowest BCUT2D eigenvalue weighted by Gasteiger charge is -2.21. The molecule has 0 saturated heterocycles. The first kappa shape index (κ1) is 14.4. The fraction of sp³-hybridized carbons (Fsp3) is 0.250. The maximum atomic E-state index is 6.31. The Labute approximate surface area is 124 Å². The molecule has 19 heavy (non-hydrogen) atoms. The SMILES string of the molecule is CNC(c1ccc(C)cc1C)c1ccc(Cl)cc1Cl. The van der Waals surface area contributed by atoms with E-state index in [0.29, 0.717) is 10.0 Å². The normalized spacial score (nSPS) is 12.5. The number of halogens is 2. The molecule has 0 bridgehead atoms. The van der Waals surface area contributed by atoms with E-state index in [-0.39, 0.29) is 6.04 Å². The van der Waals surface area contributed by atoms with Crippen molar-refractivity contribution >= 4 is 23.2 Å². The highest BCUT2D eigenvalue weighted by atomic mass is 35.5. The topological polar surface area (TPSA) is 12.0 Å². The quantitative estimate of drug-likeness (QED) is 0.847. The summed E-state index contributed by atoms with van der Waals surface area (Å²) >= 11 is 12.3. The molecule has 1 nitrogen and oxygen atoms in total. The van der Waals surface area contributed by atoms with Crippen LogP contribution in [0.2, 0.25) is 10.0 Å². The third kappa shape index (κ3) is 3.11. The van der Waals surface area contributed by atoms with Crippen molar-refractivity contribution < 1.29 is 0 Å². The summed E-state index contributed by atoms with van der Waals surface area (Å²) in [7, 11) is 1.94. The summed E-state index contributed by atoms with van der Waals surface area (Å²) in [5.74, 6) is 0. The van der Waals surface area contributed by atoms with Crippen molar-refractivity contribution in [2.45, 2.75) is 19.9 Å². The summed E-state index contributed by atoms with van der Waals surface area (Å²) < 4.78 is 0. The number of hydrogen-bond donors (Lipinski definition) is 1. The molecule has 1 unspecified atom stereocenters. The summed E-state index contributed by atoms with van der Waals surface area (Å²) in [5.41, 5.74) is 4.79. The minimum atomic E-state index is 0.0744. The minimum Gasteiger partial charge on any atom is -0.309 e. The van der Waals surface area contributed by atoms with Crippen molar-refractivity contribution in [3.63, 3.8) is 0 Å². The first-order chi connectivity index (χ1) is 9.02. The molecular formula is C16H17Cl2N. The predicted molar refractivity (Wildman–Crippen MR) is 83.3 cm³/mol. The molecular weight excluding hydrogens is 277 g/mol. The average molecular weight is 294 g/mol. The lowest BCUT2D eigenvalue weighted by Crippen LogP contribution is -2.19. The maximum Gasteiger partial charge on any atom is 0.0591 e. The number of hydrogen-bond acceptors (Lipinski definition) is 1. The Hall–Kier alpha value is -1.02. The first-order valence-electron chi connectivity index (χ1n) is 6.22. The van der Waals surface area contributed by atoms with Gasteiger partial charge in [0.1, 0.15) is 0 Å². The van der Waals surface area contributed by atoms with Gasteiger partial charge in [-0.1, -0.05) is 53.0 Å². The Morgan fingerprint density at radius 2 is 1.63 bits per heavy atom. The van der Waals surface area contributed by atoms with Crippen LogP contribution in [0.1, 0.15) is 28.3 Å². The van der Waals surface area contributed by atoms with Gasteiger partial charge in [0.15, 0.2) is 0 Å². The fourth-order valence-corrected chi connectivity index (χ4v) is 2.88. The summed E-state index contributed by atoms with van der Waals surface area (Å²) in [4.78, 5) is 0. The second kappa shape index (κ2) is 5.96. The fourth-order valence-electron chi connectivity index (χ4n) is 2.36. The molecule has 2 aromatic carbocycles. The zero-order valence-electron chi connectivity index (χ0n) is 11.3. The molecule has 0 aromatic heterocycles. The molecule has 0 aliphatic heterocycles. The van der Waals surface area contributed by atoms with Gasteiger partial charge in [-0.2, -0.15) is 0 Å². The van der Waals surface area contributed by atoms with Gasteiger partial charge in [-0.3, -0.25) is 0 Å². The second-order valence-electron chi connectivity index (χ2n) is 4.75. The molecule has 0 amide bonds. The van der Waals surface area contributed by atoms with Crippen LogP contribution >= 0.6 is 23.2 Å². The Morgan fingerprint density at radius 1 is 0.947 bits per heavy atom. The van der Waals surface area contributed by atoms with Gasteiger partial charge >= 0.3 is 0 Å². The zero-order chi connectivity index (χ0) is 14.0. The third-order valence-corrected chi connectivity index (χ3v) is 3.86. The summed E-state index contributed by atoms with van der Waals surface area (Å²) in [6.45, 7) is 4.22. The molecule has 0 radical (unpaired) electrons. The molecule has 1 atom stereocenters. The Morgan fingerprint density at radius 3 is 2.21 bits per heavy atom. The highest BCUT2D eigenvalue weighted by Gasteiger charge is 2.17. The van der Waals surface area contributed by atoms with Crippen LogP contribution in [0, 0.1) is 13.8 Å². The van der Waals surface area contributed by atoms with Crippen molar-refractivity contribution in [2.75, 3.05) is 7.05 Å². The molecule has 0 aliphatic rings. The molecule has 0 saturated carbocycles. The standard InChI is InChI=1S/C16H17Cl2N/c1-10-4-6-13(11(2)8-10)16(19-3)14-7-5-12(17)9-15(14)18/h4-9,16,19H,1-3H3. The molecule has 0 spiro atoms. The third-order valence-electron chi connectivity index (χ3n) is 3.30. The molecule has 1 N–H and O–H groups in total. The molecule has 2 aromatic rings. The summed E-state index contributed by atoms with van der Waals surface area (Å²) in [6.07, 6.45) is 0. The van der Waals surface area contributed by atoms with Crippen molar-refractivity contribution in [3.8, 4) is 0 Å². The van der Waals surface area contributed by atoms with Crippen LogP contribution in [0.15, 0.2) is 36.4 Å². The highest BCUT2D eigenvalue weighted by molar-refractivity contribution is 6.35. The van der Waals surface area contributed by atoms with Crippen molar-refractivity contribution in [2.24, 2.45) is 0 Å². The predicted octanol–water partition coefficient (Wildman–Crippen LogP) is 4.92. The van der Waals surface area contributed by atoms with Gasteiger partial charge in [-0.15, -0.1) is 0 Å². The first-order valence-corrected chi connectivity index (χ1v) is 6.98. The van der Waals surface area contributed by atoms with Crippen LogP contribution in [0.5, 0.6) is 0 Å². The van der Waals surface area contributed by atoms with Gasteiger partial charge in [0.05, 0.1) is 6.04 Å². The average Bonchev–Trinajstić information content (AvgIpc) is 2.34. The Bertz CT molecular complexity index is 542. The molecule has 100 valence electrons. The van der Waals surface area contributed by atoms with Gasteiger partial charge in [0, 0.05) is 10.0 Å². The van der Waals surface area contributed by atoms with Crippen LogP contribution in [-0.2, 0) is 0 Å². The highest BCUT2D eigenvalue weighted by Crippen LogP contribution is 2.31. The van der Waals surface area contributed by atoms with Gasteiger partial charge in [-0.25, -0.2) is 0 Å². The lowest BCUT2D eigenvalue weighted by molar-refractivity contribution is 0.687. The molecule has 2 rings (SSSR count). The number of benzene rings is 2. The van der Waals surface area contributed by atoms with E-state index in [1.54, 1.807) is 6.07 Å². The monoisotopic (exact) mass is 293 g/mol. The van der Waals surface area contributed by atoms with E-state index < -0.39 is 0 Å². The minimum absolute atomic E-state index is 0.0744. The van der Waals surface area contributed by atoms with E-state index in [1.165, 1.54) is 16.7 Å². The van der Waals surface area contributed by atoms with Gasteiger partial charge in [-0.05, 0) is 49.7 Å². The van der Waals surface area contributed by atoms with Gasteiger partial charge in [0.2, 0.25) is 0 Å². The van der Waals surface area contributed by atoms with Crippen LogP contribution < -0.4 is 5.32 Å². The molecule has 0 aliphatic carbocycles. The van der Waals surface area contributed by atoms with Crippen LogP contribution in [0.3, 0.4) is 0 Å². The smallest absolute Gasteiger partial charge is 0.0591 e. The van der Waals surface area contributed by atoms with Crippen LogP contribution in [0.25, 0.3) is 0 Å². The van der Waals surface area contributed by atoms with Crippen LogP contribution in [-0.4, -0.2) is 7.05 Å². The van der Waals surface area contributed by atoms with Crippen molar-refractivity contribution in [3.05, 3.63) is 68.7 Å². The molecule has 3 heteroatoms. The number of nitrogens with one attached hydrogen (secondary N) is 1. The Kier molecular flexibility index (Phi) is 4.51. The van der Waals surface area contributed by atoms with E-state index in [0.717, 1.165) is 5.56 Å². The molecule has 0 heterocycles. The summed E-state index contributed by atoms with van der Waals surface area (Å²) in [6, 6.07) is 12.2. The lowest BCUT2D eigenvalue weighted by atomic mass is 9.94. The second-order valence-corrected chi connectivity index (χ2v) is 5.59. The van der Waals surface area contributed by atoms with E-state index in [9.17, 15) is 0 Å². The Balaban J connectivity index is 2.50. The van der Waals surface area contributed by atoms with Crippen molar-refractivity contribution in [1.82, 2.24) is 5.32 Å². The van der Waals surface area contributed by atoms with Crippen molar-refractivity contribution in [1.29, 1.82) is 0 Å². The summed E-state index contributed by atoms with van der Waals surface area (Å²) in [5, 5.41) is 4.67. The van der Waals surface area contributed by atoms with E-state index in [2.05, 4.69) is 37.4 Å². The zero-order valence-corrected chi connectivity index (χ0v) is 12.8. The maximum absolute atomic E-state index is 6.31. The van der Waals surface area contributed by atoms with E-state index >= 15 is 0 Å². The number of rotatable bonds is 3. The molecule has 0 fully saturated rings. The van der Waals surface area contributed by atoms with Gasteiger partial charge < -0.3 is 5.32 Å². The van der Waals surface area contributed by atoms with Gasteiger partial charge in [0.25, 0.3) is 0 Å².